The summed E-state index contributed by atoms with van der Waals surface area (Å²) in [5.41, 5.74) is -0.845. The van der Waals surface area contributed by atoms with E-state index in [2.05, 4.69) is 16.8 Å². The zero-order valence-electron chi connectivity index (χ0n) is 17.3. The molecule has 1 aromatic rings. The van der Waals surface area contributed by atoms with Crippen LogP contribution in [0.4, 0.5) is 19.0 Å². The molecule has 4 rings (SSSR count). The zero-order valence-corrected chi connectivity index (χ0v) is 18.1. The SMILES string of the molecule is CC1CCN(C(=O)C2CCN(c3ncc(C(F)(F)F)cc3Cl)CC2)C2CCCCC12. The number of hydrogen-bond acceptors (Lipinski definition) is 3. The molecule has 1 aliphatic carbocycles. The molecular formula is C22H29ClF3N3O. The van der Waals surface area contributed by atoms with Crippen molar-refractivity contribution in [1.29, 1.82) is 0 Å². The van der Waals surface area contributed by atoms with Gasteiger partial charge in [-0.3, -0.25) is 4.79 Å². The van der Waals surface area contributed by atoms with Crippen LogP contribution in [0.3, 0.4) is 0 Å². The molecule has 3 atom stereocenters. The van der Waals surface area contributed by atoms with E-state index in [0.29, 0.717) is 49.6 Å². The van der Waals surface area contributed by atoms with E-state index in [-0.39, 0.29) is 16.8 Å². The molecule has 8 heteroatoms. The fourth-order valence-electron chi connectivity index (χ4n) is 5.58. The van der Waals surface area contributed by atoms with E-state index >= 15 is 0 Å². The summed E-state index contributed by atoms with van der Waals surface area (Å²) in [6, 6.07) is 1.32. The predicted molar refractivity (Wildman–Crippen MR) is 110 cm³/mol. The van der Waals surface area contributed by atoms with Gasteiger partial charge in [-0.25, -0.2) is 4.98 Å². The number of pyridine rings is 1. The second kappa shape index (κ2) is 8.56. The maximum Gasteiger partial charge on any atom is 0.417 e. The number of halogens is 4. The van der Waals surface area contributed by atoms with Gasteiger partial charge in [0.05, 0.1) is 10.6 Å². The lowest BCUT2D eigenvalue weighted by atomic mass is 9.72. The Kier molecular flexibility index (Phi) is 6.20. The van der Waals surface area contributed by atoms with Crippen molar-refractivity contribution in [1.82, 2.24) is 9.88 Å². The second-order valence-corrected chi connectivity index (χ2v) is 9.51. The molecule has 0 bridgehead atoms. The number of anilines is 1. The van der Waals surface area contributed by atoms with Gasteiger partial charge in [-0.05, 0) is 50.0 Å². The largest absolute Gasteiger partial charge is 0.417 e. The van der Waals surface area contributed by atoms with Gasteiger partial charge in [0.1, 0.15) is 5.82 Å². The Morgan fingerprint density at radius 2 is 1.80 bits per heavy atom. The Bertz CT molecular complexity index is 779. The van der Waals surface area contributed by atoms with Crippen molar-refractivity contribution >= 4 is 23.3 Å². The third kappa shape index (κ3) is 4.27. The van der Waals surface area contributed by atoms with Gasteiger partial charge in [0, 0.05) is 37.8 Å². The molecule has 1 amide bonds. The number of rotatable bonds is 2. The van der Waals surface area contributed by atoms with Crippen LogP contribution in [0, 0.1) is 17.8 Å². The van der Waals surface area contributed by atoms with Crippen molar-refractivity contribution in [2.45, 2.75) is 64.1 Å². The second-order valence-electron chi connectivity index (χ2n) is 9.10. The van der Waals surface area contributed by atoms with E-state index in [1.54, 1.807) is 0 Å². The van der Waals surface area contributed by atoms with Crippen molar-refractivity contribution in [2.75, 3.05) is 24.5 Å². The standard InChI is InChI=1S/C22H29ClF3N3O/c1-14-6-11-29(19-5-3-2-4-17(14)19)21(30)15-7-9-28(10-8-15)20-18(23)12-16(13-27-20)22(24,25)26/h12-15,17,19H,2-11H2,1H3. The quantitative estimate of drug-likeness (QED) is 0.614. The van der Waals surface area contributed by atoms with Crippen LogP contribution in [-0.2, 0) is 11.0 Å². The monoisotopic (exact) mass is 443 g/mol. The number of amides is 1. The van der Waals surface area contributed by atoms with Crippen LogP contribution >= 0.6 is 11.6 Å². The molecule has 166 valence electrons. The molecule has 0 N–H and O–H groups in total. The Morgan fingerprint density at radius 3 is 2.47 bits per heavy atom. The average Bonchev–Trinajstić information content (AvgIpc) is 2.73. The predicted octanol–water partition coefficient (Wildman–Crippen LogP) is 5.40. The zero-order chi connectivity index (χ0) is 21.5. The Hall–Kier alpha value is -1.50. The van der Waals surface area contributed by atoms with Crippen LogP contribution in [0.1, 0.15) is 57.4 Å². The highest BCUT2D eigenvalue weighted by Gasteiger charge is 2.41. The van der Waals surface area contributed by atoms with E-state index in [0.717, 1.165) is 31.6 Å². The van der Waals surface area contributed by atoms with Crippen LogP contribution < -0.4 is 4.90 Å². The first-order valence-corrected chi connectivity index (χ1v) is 11.4. The molecule has 0 radical (unpaired) electrons. The van der Waals surface area contributed by atoms with E-state index in [1.165, 1.54) is 19.3 Å². The number of alkyl halides is 3. The normalized spacial score (nSPS) is 28.4. The van der Waals surface area contributed by atoms with E-state index in [4.69, 9.17) is 11.6 Å². The summed E-state index contributed by atoms with van der Waals surface area (Å²) in [7, 11) is 0. The topological polar surface area (TPSA) is 36.4 Å². The van der Waals surface area contributed by atoms with Gasteiger partial charge in [0.2, 0.25) is 5.91 Å². The van der Waals surface area contributed by atoms with E-state index < -0.39 is 11.7 Å². The summed E-state index contributed by atoms with van der Waals surface area (Å²) >= 11 is 6.10. The number of nitrogens with zero attached hydrogens (tertiary/aromatic N) is 3. The Labute approximate surface area is 180 Å². The Balaban J connectivity index is 1.39. The number of fused-ring (bicyclic) bond motifs is 1. The van der Waals surface area contributed by atoms with Crippen LogP contribution in [0.15, 0.2) is 12.3 Å². The molecule has 1 aromatic heterocycles. The summed E-state index contributed by atoms with van der Waals surface area (Å²) in [6.07, 6.45) is 3.63. The molecule has 30 heavy (non-hydrogen) atoms. The number of hydrogen-bond donors (Lipinski definition) is 0. The first kappa shape index (κ1) is 21.7. The smallest absolute Gasteiger partial charge is 0.355 e. The number of carbonyl (C=O) groups excluding carboxylic acids is 1. The van der Waals surface area contributed by atoms with Gasteiger partial charge < -0.3 is 9.80 Å². The van der Waals surface area contributed by atoms with Crippen molar-refractivity contribution in [3.05, 3.63) is 22.8 Å². The Morgan fingerprint density at radius 1 is 1.10 bits per heavy atom. The van der Waals surface area contributed by atoms with Gasteiger partial charge in [0.25, 0.3) is 0 Å². The third-order valence-corrected chi connectivity index (χ3v) is 7.59. The third-order valence-electron chi connectivity index (χ3n) is 7.31. The lowest BCUT2D eigenvalue weighted by Crippen LogP contribution is -2.55. The fraction of sp³-hybridized carbons (Fsp3) is 0.727. The minimum Gasteiger partial charge on any atom is -0.355 e. The lowest BCUT2D eigenvalue weighted by molar-refractivity contribution is -0.144. The molecule has 0 spiro atoms. The summed E-state index contributed by atoms with van der Waals surface area (Å²) in [6.45, 7) is 4.33. The maximum absolute atomic E-state index is 13.3. The van der Waals surface area contributed by atoms with Crippen molar-refractivity contribution < 1.29 is 18.0 Å². The lowest BCUT2D eigenvalue weighted by Gasteiger charge is -2.48. The first-order chi connectivity index (χ1) is 14.3. The van der Waals surface area contributed by atoms with E-state index in [9.17, 15) is 18.0 Å². The molecule has 0 aromatic carbocycles. The van der Waals surface area contributed by atoms with Crippen molar-refractivity contribution in [3.63, 3.8) is 0 Å². The first-order valence-electron chi connectivity index (χ1n) is 11.0. The van der Waals surface area contributed by atoms with Gasteiger partial charge in [0.15, 0.2) is 0 Å². The molecule has 2 aliphatic heterocycles. The van der Waals surface area contributed by atoms with E-state index in [1.807, 2.05) is 4.90 Å². The van der Waals surface area contributed by atoms with Crippen molar-refractivity contribution in [3.8, 4) is 0 Å². The number of likely N-dealkylation sites (tertiary alicyclic amines) is 1. The summed E-state index contributed by atoms with van der Waals surface area (Å²) < 4.78 is 38.5. The van der Waals surface area contributed by atoms with Crippen LogP contribution in [0.2, 0.25) is 5.02 Å². The molecule has 3 aliphatic rings. The number of piperidine rings is 2. The van der Waals surface area contributed by atoms with Crippen LogP contribution in [-0.4, -0.2) is 41.5 Å². The molecular weight excluding hydrogens is 415 g/mol. The molecule has 4 nitrogen and oxygen atoms in total. The minimum atomic E-state index is -4.46. The van der Waals surface area contributed by atoms with Gasteiger partial charge in [-0.15, -0.1) is 0 Å². The van der Waals surface area contributed by atoms with Crippen molar-refractivity contribution in [2.24, 2.45) is 17.8 Å². The van der Waals surface area contributed by atoms with Gasteiger partial charge >= 0.3 is 6.18 Å². The minimum absolute atomic E-state index is 0.00432. The number of carbonyl (C=O) groups is 1. The molecule has 1 saturated carbocycles. The molecule has 3 heterocycles. The molecule has 3 unspecified atom stereocenters. The fourth-order valence-corrected chi connectivity index (χ4v) is 5.86. The van der Waals surface area contributed by atoms with Crippen LogP contribution in [0.25, 0.3) is 0 Å². The van der Waals surface area contributed by atoms with Gasteiger partial charge in [-0.1, -0.05) is 31.4 Å². The maximum atomic E-state index is 13.3. The highest BCUT2D eigenvalue weighted by molar-refractivity contribution is 6.33. The summed E-state index contributed by atoms with van der Waals surface area (Å²) in [5.74, 6) is 1.94. The summed E-state index contributed by atoms with van der Waals surface area (Å²) in [5, 5.41) is 0.00432. The average molecular weight is 444 g/mol. The summed E-state index contributed by atoms with van der Waals surface area (Å²) in [4.78, 5) is 21.3. The number of aromatic nitrogens is 1. The highest BCUT2D eigenvalue weighted by Crippen LogP contribution is 2.40. The molecule has 3 fully saturated rings. The highest BCUT2D eigenvalue weighted by atomic mass is 35.5. The molecule has 2 saturated heterocycles. The van der Waals surface area contributed by atoms with Gasteiger partial charge in [-0.2, -0.15) is 13.2 Å². The van der Waals surface area contributed by atoms with Crippen LogP contribution in [0.5, 0.6) is 0 Å².